The molecule has 0 saturated carbocycles. The molecule has 1 aromatic carbocycles. The topological polar surface area (TPSA) is 101 Å². The van der Waals surface area contributed by atoms with Crippen LogP contribution in [0.1, 0.15) is 32.1 Å². The first-order chi connectivity index (χ1) is 13.6. The summed E-state index contributed by atoms with van der Waals surface area (Å²) in [6, 6.07) is 5.98. The van der Waals surface area contributed by atoms with Crippen molar-refractivity contribution >= 4 is 39.0 Å². The van der Waals surface area contributed by atoms with Gasteiger partial charge in [0.2, 0.25) is 0 Å². The van der Waals surface area contributed by atoms with E-state index in [1.165, 1.54) is 18.2 Å². The number of H-pyrrole nitrogens is 1. The minimum absolute atomic E-state index is 0.00945. The Labute approximate surface area is 169 Å². The Bertz CT molecular complexity index is 1110. The summed E-state index contributed by atoms with van der Waals surface area (Å²) in [5.41, 5.74) is 3.00. The lowest BCUT2D eigenvalue weighted by molar-refractivity contribution is -0.141. The monoisotopic (exact) mass is 470 g/mol. The van der Waals surface area contributed by atoms with Crippen LogP contribution in [0.5, 0.6) is 0 Å². The fourth-order valence-electron chi connectivity index (χ4n) is 2.49. The number of hydrogen-bond donors (Lipinski definition) is 3. The summed E-state index contributed by atoms with van der Waals surface area (Å²) < 4.78 is 53.1. The molecule has 1 amide bonds. The summed E-state index contributed by atoms with van der Waals surface area (Å²) in [6.07, 6.45) is -2.79. The molecule has 0 spiro atoms. The fraction of sp³-hybridized carbons (Fsp3) is 0.0556. The number of nitrogen functional groups attached to an aromatic ring is 1. The first-order valence-electron chi connectivity index (χ1n) is 7.89. The van der Waals surface area contributed by atoms with Crippen LogP contribution in [0.2, 0.25) is 0 Å². The highest BCUT2D eigenvalue weighted by Gasteiger charge is 2.37. The number of carbonyl (C=O) groups excluding carboxylic acids is 2. The molecule has 3 rings (SSSR count). The first kappa shape index (κ1) is 20.5. The molecule has 150 valence electrons. The maximum atomic E-state index is 13.8. The number of pyridine rings is 1. The summed E-state index contributed by atoms with van der Waals surface area (Å²) in [7, 11) is 0. The van der Waals surface area contributed by atoms with E-state index in [-0.39, 0.29) is 27.1 Å². The van der Waals surface area contributed by atoms with E-state index in [0.29, 0.717) is 0 Å². The Hall–Kier alpha value is -3.21. The number of alkyl halides is 3. The molecular formula is C18H11BrF4N4O2. The number of nitrogens with zero attached hydrogens (tertiary/aromatic N) is 1. The summed E-state index contributed by atoms with van der Waals surface area (Å²) >= 11 is 2.96. The Morgan fingerprint density at radius 2 is 1.93 bits per heavy atom. The van der Waals surface area contributed by atoms with Gasteiger partial charge in [-0.05, 0) is 46.3 Å². The molecule has 0 atom stereocenters. The van der Waals surface area contributed by atoms with E-state index in [4.69, 9.17) is 5.73 Å². The maximum Gasteiger partial charge on any atom is 0.434 e. The zero-order chi connectivity index (χ0) is 21.3. The number of anilines is 2. The summed E-state index contributed by atoms with van der Waals surface area (Å²) in [5, 5.41) is 2.36. The zero-order valence-corrected chi connectivity index (χ0v) is 15.9. The Kier molecular flexibility index (Phi) is 5.42. The lowest BCUT2D eigenvalue weighted by Crippen LogP contribution is -2.16. The quantitative estimate of drug-likeness (QED) is 0.299. The van der Waals surface area contributed by atoms with E-state index in [1.807, 2.05) is 0 Å². The smallest absolute Gasteiger partial charge is 0.395 e. The Morgan fingerprint density at radius 3 is 2.62 bits per heavy atom. The minimum atomic E-state index is -4.81. The van der Waals surface area contributed by atoms with Crippen LogP contribution in [0.4, 0.5) is 28.9 Å². The van der Waals surface area contributed by atoms with Crippen molar-refractivity contribution in [3.63, 3.8) is 0 Å². The van der Waals surface area contributed by atoms with Gasteiger partial charge in [-0.25, -0.2) is 4.39 Å². The van der Waals surface area contributed by atoms with Crippen molar-refractivity contribution in [1.82, 2.24) is 9.97 Å². The first-order valence-corrected chi connectivity index (χ1v) is 8.69. The van der Waals surface area contributed by atoms with Gasteiger partial charge in [-0.15, -0.1) is 0 Å². The number of nitrogens with two attached hydrogens (primary N) is 1. The fourth-order valence-corrected chi connectivity index (χ4v) is 2.84. The molecule has 0 aliphatic rings. The lowest BCUT2D eigenvalue weighted by Gasteiger charge is -2.09. The Morgan fingerprint density at radius 1 is 1.21 bits per heavy atom. The van der Waals surface area contributed by atoms with Crippen molar-refractivity contribution in [2.45, 2.75) is 6.18 Å². The third-order valence-electron chi connectivity index (χ3n) is 3.89. The molecule has 0 aliphatic carbocycles. The van der Waals surface area contributed by atoms with Crippen molar-refractivity contribution < 1.29 is 27.2 Å². The molecule has 2 heterocycles. The molecule has 29 heavy (non-hydrogen) atoms. The third-order valence-corrected chi connectivity index (χ3v) is 4.50. The zero-order valence-electron chi connectivity index (χ0n) is 14.3. The van der Waals surface area contributed by atoms with Crippen LogP contribution in [-0.2, 0) is 6.18 Å². The lowest BCUT2D eigenvalue weighted by atomic mass is 10.0. The van der Waals surface area contributed by atoms with E-state index >= 15 is 0 Å². The average molecular weight is 471 g/mol. The second-order valence-electron chi connectivity index (χ2n) is 5.81. The highest BCUT2D eigenvalue weighted by atomic mass is 79.9. The number of carbonyl (C=O) groups is 2. The van der Waals surface area contributed by atoms with Crippen LogP contribution in [0, 0.1) is 5.82 Å². The van der Waals surface area contributed by atoms with Gasteiger partial charge in [0, 0.05) is 18.0 Å². The molecule has 11 heteroatoms. The van der Waals surface area contributed by atoms with Gasteiger partial charge in [-0.3, -0.25) is 14.6 Å². The highest BCUT2D eigenvalue weighted by Crippen LogP contribution is 2.31. The number of rotatable bonds is 4. The van der Waals surface area contributed by atoms with Gasteiger partial charge < -0.3 is 16.0 Å². The largest absolute Gasteiger partial charge is 0.434 e. The third kappa shape index (κ3) is 4.14. The van der Waals surface area contributed by atoms with E-state index in [9.17, 15) is 27.2 Å². The van der Waals surface area contributed by atoms with E-state index in [0.717, 1.165) is 24.5 Å². The molecule has 0 fully saturated rings. The molecule has 0 bridgehead atoms. The van der Waals surface area contributed by atoms with Crippen LogP contribution in [-0.4, -0.2) is 21.7 Å². The van der Waals surface area contributed by atoms with Crippen LogP contribution in [0.15, 0.2) is 47.2 Å². The van der Waals surface area contributed by atoms with Crippen LogP contribution in [0.3, 0.4) is 0 Å². The predicted molar refractivity (Wildman–Crippen MR) is 99.9 cm³/mol. The molecule has 0 unspecified atom stereocenters. The second-order valence-corrected chi connectivity index (χ2v) is 6.66. The number of ketones is 1. The number of nitrogens with one attached hydrogen (secondary N) is 2. The number of amides is 1. The van der Waals surface area contributed by atoms with Crippen molar-refractivity contribution in [1.29, 1.82) is 0 Å². The summed E-state index contributed by atoms with van der Waals surface area (Å²) in [6.45, 7) is 0. The molecule has 2 aromatic heterocycles. The van der Waals surface area contributed by atoms with Crippen molar-refractivity contribution in [3.05, 3.63) is 75.5 Å². The average Bonchev–Trinajstić information content (AvgIpc) is 3.17. The second kappa shape index (κ2) is 7.66. The molecule has 0 radical (unpaired) electrons. The number of halogens is 5. The summed E-state index contributed by atoms with van der Waals surface area (Å²) in [4.78, 5) is 30.5. The number of benzene rings is 1. The Balaban J connectivity index is 1.86. The predicted octanol–water partition coefficient (Wildman–Crippen LogP) is 4.40. The summed E-state index contributed by atoms with van der Waals surface area (Å²) in [5.74, 6) is -2.49. The van der Waals surface area contributed by atoms with Gasteiger partial charge in [0.25, 0.3) is 5.91 Å². The number of aromatic amines is 1. The van der Waals surface area contributed by atoms with Gasteiger partial charge in [-0.1, -0.05) is 0 Å². The van der Waals surface area contributed by atoms with Crippen molar-refractivity contribution in [3.8, 4) is 0 Å². The number of aromatic nitrogens is 2. The molecule has 3 aromatic rings. The minimum Gasteiger partial charge on any atom is -0.395 e. The normalized spacial score (nSPS) is 11.3. The molecule has 6 nitrogen and oxygen atoms in total. The maximum absolute atomic E-state index is 13.8. The van der Waals surface area contributed by atoms with Crippen LogP contribution < -0.4 is 11.1 Å². The molecular weight excluding hydrogens is 460 g/mol. The van der Waals surface area contributed by atoms with Gasteiger partial charge >= 0.3 is 6.18 Å². The van der Waals surface area contributed by atoms with E-state index in [1.54, 1.807) is 0 Å². The van der Waals surface area contributed by atoms with Crippen molar-refractivity contribution in [2.24, 2.45) is 0 Å². The van der Waals surface area contributed by atoms with E-state index < -0.39 is 34.9 Å². The van der Waals surface area contributed by atoms with Crippen molar-refractivity contribution in [2.75, 3.05) is 11.1 Å². The highest BCUT2D eigenvalue weighted by molar-refractivity contribution is 9.10. The van der Waals surface area contributed by atoms with Gasteiger partial charge in [-0.2, -0.15) is 13.2 Å². The van der Waals surface area contributed by atoms with E-state index in [2.05, 4.69) is 31.2 Å². The molecule has 0 saturated heterocycles. The number of hydrogen-bond acceptors (Lipinski definition) is 4. The van der Waals surface area contributed by atoms with Gasteiger partial charge in [0.15, 0.2) is 17.3 Å². The van der Waals surface area contributed by atoms with Gasteiger partial charge in [0.1, 0.15) is 5.69 Å². The standard InChI is InChI=1S/C18H11BrF4N4O2/c19-10-3-4-11(14(24)13(10)20)27-17(29)12-6-8(7-26-12)15(28)9-2-1-5-25-16(9)18(21,22)23/h1-7,26H,24H2,(H,27,29). The molecule has 0 aliphatic heterocycles. The van der Waals surface area contributed by atoms with Crippen LogP contribution >= 0.6 is 15.9 Å². The van der Waals surface area contributed by atoms with Crippen LogP contribution in [0.25, 0.3) is 0 Å². The molecule has 4 N–H and O–H groups in total. The van der Waals surface area contributed by atoms with Gasteiger partial charge in [0.05, 0.1) is 21.4 Å². The SMILES string of the molecule is Nc1c(NC(=O)c2cc(C(=O)c3cccnc3C(F)(F)F)c[nH]2)ccc(Br)c1F.